The summed E-state index contributed by atoms with van der Waals surface area (Å²) in [6.45, 7) is 3.91. The first-order chi connectivity index (χ1) is 7.83. The predicted molar refractivity (Wildman–Crippen MR) is 71.7 cm³/mol. The fourth-order valence-corrected chi connectivity index (χ4v) is 1.08. The van der Waals surface area contributed by atoms with Crippen molar-refractivity contribution in [2.45, 2.75) is 0 Å². The standard InChI is InChI=1S/C15H15N/c1-14(8-7-13-16-2)11-12-15-9-5-3-4-6-10-15/h3-9,11-13H,1H2,2H3/b8-7-,12-11-,16-13-. The molecule has 1 rings (SSSR count). The molecule has 0 amide bonds. The summed E-state index contributed by atoms with van der Waals surface area (Å²) in [6, 6.07) is 0. The van der Waals surface area contributed by atoms with E-state index in [0.717, 1.165) is 11.1 Å². The molecule has 0 atom stereocenters. The lowest BCUT2D eigenvalue weighted by Crippen LogP contribution is -1.71. The van der Waals surface area contributed by atoms with Gasteiger partial charge in [0.25, 0.3) is 0 Å². The van der Waals surface area contributed by atoms with Gasteiger partial charge in [-0.25, -0.2) is 0 Å². The van der Waals surface area contributed by atoms with Gasteiger partial charge >= 0.3 is 0 Å². The van der Waals surface area contributed by atoms with Crippen molar-refractivity contribution in [3.63, 3.8) is 0 Å². The normalized spacial score (nSPS) is 15.2. The minimum atomic E-state index is 0.930. The molecule has 0 aromatic heterocycles. The SMILES string of the molecule is C=C(/C=C\C=N/C)/C=C\C1=C=CC=CC=C1. The van der Waals surface area contributed by atoms with E-state index in [0.29, 0.717) is 0 Å². The molecule has 1 nitrogen and oxygen atoms in total. The Bertz CT molecular complexity index is 448. The molecular formula is C15H15N. The fourth-order valence-electron chi connectivity index (χ4n) is 1.08. The monoisotopic (exact) mass is 209 g/mol. The molecule has 0 spiro atoms. The summed E-state index contributed by atoms with van der Waals surface area (Å²) in [5.74, 6) is 0. The third kappa shape index (κ3) is 4.94. The number of hydrogen-bond acceptors (Lipinski definition) is 1. The van der Waals surface area contributed by atoms with Crippen molar-refractivity contribution in [3.8, 4) is 0 Å². The van der Waals surface area contributed by atoms with Gasteiger partial charge in [0.1, 0.15) is 0 Å². The number of allylic oxidation sites excluding steroid dienone is 10. The average molecular weight is 209 g/mol. The molecule has 0 radical (unpaired) electrons. The zero-order valence-electron chi connectivity index (χ0n) is 9.43. The topological polar surface area (TPSA) is 12.4 Å². The Morgan fingerprint density at radius 2 is 2.19 bits per heavy atom. The van der Waals surface area contributed by atoms with Crippen LogP contribution in [0.25, 0.3) is 0 Å². The molecule has 0 saturated carbocycles. The second-order valence-corrected chi connectivity index (χ2v) is 3.18. The second-order valence-electron chi connectivity index (χ2n) is 3.18. The molecule has 0 bridgehead atoms. The molecule has 1 heteroatoms. The Morgan fingerprint density at radius 3 is 3.00 bits per heavy atom. The number of aliphatic imine (C=N–C) groups is 1. The van der Waals surface area contributed by atoms with Crippen LogP contribution in [0.15, 0.2) is 83.1 Å². The molecule has 1 aliphatic rings. The molecule has 80 valence electrons. The van der Waals surface area contributed by atoms with Gasteiger partial charge in [-0.2, -0.15) is 0 Å². The third-order valence-electron chi connectivity index (χ3n) is 1.87. The fraction of sp³-hybridized carbons (Fsp3) is 0.0667. The molecule has 0 N–H and O–H groups in total. The lowest BCUT2D eigenvalue weighted by atomic mass is 10.2. The van der Waals surface area contributed by atoms with Crippen LogP contribution < -0.4 is 0 Å². The van der Waals surface area contributed by atoms with Crippen LogP contribution in [-0.2, 0) is 0 Å². The minimum absolute atomic E-state index is 0.930. The van der Waals surface area contributed by atoms with Crippen molar-refractivity contribution >= 4 is 6.21 Å². The zero-order chi connectivity index (χ0) is 11.6. The largest absolute Gasteiger partial charge is 0.297 e. The van der Waals surface area contributed by atoms with Crippen molar-refractivity contribution < 1.29 is 0 Å². The van der Waals surface area contributed by atoms with Gasteiger partial charge in [-0.3, -0.25) is 4.99 Å². The van der Waals surface area contributed by atoms with Gasteiger partial charge in [-0.1, -0.05) is 37.0 Å². The van der Waals surface area contributed by atoms with E-state index in [1.165, 1.54) is 0 Å². The first-order valence-electron chi connectivity index (χ1n) is 5.09. The summed E-state index contributed by atoms with van der Waals surface area (Å²) in [4.78, 5) is 3.85. The first-order valence-corrected chi connectivity index (χ1v) is 5.09. The van der Waals surface area contributed by atoms with E-state index in [4.69, 9.17) is 0 Å². The number of rotatable bonds is 4. The van der Waals surface area contributed by atoms with Crippen molar-refractivity contribution in [1.82, 2.24) is 0 Å². The molecule has 0 unspecified atom stereocenters. The lowest BCUT2D eigenvalue weighted by molar-refractivity contribution is 1.47. The molecule has 1 aliphatic carbocycles. The van der Waals surface area contributed by atoms with Crippen molar-refractivity contribution in [3.05, 3.63) is 78.1 Å². The van der Waals surface area contributed by atoms with Gasteiger partial charge in [0, 0.05) is 18.8 Å². The molecule has 0 aromatic carbocycles. The van der Waals surface area contributed by atoms with Crippen LogP contribution in [0.2, 0.25) is 0 Å². The van der Waals surface area contributed by atoms with E-state index in [1.807, 2.05) is 54.7 Å². The third-order valence-corrected chi connectivity index (χ3v) is 1.87. The summed E-state index contributed by atoms with van der Waals surface area (Å²) in [5, 5.41) is 0. The van der Waals surface area contributed by atoms with Crippen molar-refractivity contribution in [1.29, 1.82) is 0 Å². The van der Waals surface area contributed by atoms with Gasteiger partial charge in [-0.15, -0.1) is 5.73 Å². The quantitative estimate of drug-likeness (QED) is 0.381. The Labute approximate surface area is 96.9 Å². The van der Waals surface area contributed by atoms with Gasteiger partial charge in [0.15, 0.2) is 0 Å². The van der Waals surface area contributed by atoms with E-state index in [1.54, 1.807) is 13.3 Å². The summed E-state index contributed by atoms with van der Waals surface area (Å²) in [6.07, 6.45) is 19.2. The highest BCUT2D eigenvalue weighted by molar-refractivity contribution is 5.71. The van der Waals surface area contributed by atoms with E-state index in [-0.39, 0.29) is 0 Å². The molecule has 0 aromatic rings. The van der Waals surface area contributed by atoms with E-state index >= 15 is 0 Å². The van der Waals surface area contributed by atoms with Gasteiger partial charge in [0.2, 0.25) is 0 Å². The van der Waals surface area contributed by atoms with Gasteiger partial charge in [0.05, 0.1) is 0 Å². The molecule has 0 heterocycles. The predicted octanol–water partition coefficient (Wildman–Crippen LogP) is 3.56. The molecule has 0 aliphatic heterocycles. The van der Waals surface area contributed by atoms with Crippen LogP contribution >= 0.6 is 0 Å². The Kier molecular flexibility index (Phi) is 5.40. The Balaban J connectivity index is 2.60. The van der Waals surface area contributed by atoms with Crippen LogP contribution in [0, 0.1) is 0 Å². The maximum absolute atomic E-state index is 3.91. The Hall–Kier alpha value is -2.11. The minimum Gasteiger partial charge on any atom is -0.297 e. The highest BCUT2D eigenvalue weighted by Crippen LogP contribution is 2.04. The lowest BCUT2D eigenvalue weighted by Gasteiger charge is -1.89. The maximum Gasteiger partial charge on any atom is 0.0277 e. The molecule has 16 heavy (non-hydrogen) atoms. The van der Waals surface area contributed by atoms with Crippen LogP contribution in [-0.4, -0.2) is 13.3 Å². The average Bonchev–Trinajstić information content (AvgIpc) is 2.55. The van der Waals surface area contributed by atoms with E-state index in [9.17, 15) is 0 Å². The zero-order valence-corrected chi connectivity index (χ0v) is 9.43. The summed E-state index contributed by atoms with van der Waals surface area (Å²) < 4.78 is 0. The first kappa shape index (κ1) is 12.0. The van der Waals surface area contributed by atoms with Crippen LogP contribution in [0.5, 0.6) is 0 Å². The molecular weight excluding hydrogens is 194 g/mol. The Morgan fingerprint density at radius 1 is 1.31 bits per heavy atom. The van der Waals surface area contributed by atoms with Crippen molar-refractivity contribution in [2.24, 2.45) is 4.99 Å². The van der Waals surface area contributed by atoms with E-state index in [2.05, 4.69) is 17.3 Å². The van der Waals surface area contributed by atoms with Crippen LogP contribution in [0.3, 0.4) is 0 Å². The van der Waals surface area contributed by atoms with Crippen LogP contribution in [0.1, 0.15) is 0 Å². The van der Waals surface area contributed by atoms with E-state index < -0.39 is 0 Å². The number of nitrogens with zero attached hydrogens (tertiary/aromatic N) is 1. The number of hydrogen-bond donors (Lipinski definition) is 0. The maximum atomic E-state index is 3.91. The summed E-state index contributed by atoms with van der Waals surface area (Å²) in [7, 11) is 1.74. The molecule has 0 saturated heterocycles. The van der Waals surface area contributed by atoms with Crippen molar-refractivity contribution in [2.75, 3.05) is 7.05 Å². The summed E-state index contributed by atoms with van der Waals surface area (Å²) >= 11 is 0. The summed E-state index contributed by atoms with van der Waals surface area (Å²) in [5.41, 5.74) is 5.11. The van der Waals surface area contributed by atoms with Crippen LogP contribution in [0.4, 0.5) is 0 Å². The molecule has 0 fully saturated rings. The van der Waals surface area contributed by atoms with Gasteiger partial charge in [-0.05, 0) is 29.9 Å². The van der Waals surface area contributed by atoms with Gasteiger partial charge < -0.3 is 0 Å². The highest BCUT2D eigenvalue weighted by atomic mass is 14.6. The highest BCUT2D eigenvalue weighted by Gasteiger charge is 1.85. The second kappa shape index (κ2) is 7.22. The smallest absolute Gasteiger partial charge is 0.0277 e.